The van der Waals surface area contributed by atoms with E-state index in [4.69, 9.17) is 23.2 Å². The van der Waals surface area contributed by atoms with Crippen molar-refractivity contribution in [2.45, 2.75) is 0 Å². The zero-order valence-corrected chi connectivity index (χ0v) is 15.5. The van der Waals surface area contributed by atoms with Gasteiger partial charge in [-0.3, -0.25) is 14.7 Å². The van der Waals surface area contributed by atoms with Crippen molar-refractivity contribution in [3.05, 3.63) is 64.3 Å². The summed E-state index contributed by atoms with van der Waals surface area (Å²) >= 11 is 12.2. The predicted octanol–water partition coefficient (Wildman–Crippen LogP) is 4.32. The molecule has 1 saturated heterocycles. The molecule has 1 fully saturated rings. The summed E-state index contributed by atoms with van der Waals surface area (Å²) in [5, 5.41) is 6.90. The van der Waals surface area contributed by atoms with Gasteiger partial charge in [0.1, 0.15) is 0 Å². The van der Waals surface area contributed by atoms with Crippen LogP contribution in [0.2, 0.25) is 10.0 Å². The van der Waals surface area contributed by atoms with Crippen LogP contribution in [0.1, 0.15) is 10.4 Å². The number of halogens is 2. The Labute approximate surface area is 165 Å². The Kier molecular flexibility index (Phi) is 4.59. The second-order valence-corrected chi connectivity index (χ2v) is 6.78. The zero-order valence-electron chi connectivity index (χ0n) is 14.0. The number of amides is 3. The third-order valence-electron chi connectivity index (χ3n) is 4.33. The lowest BCUT2D eigenvalue weighted by atomic mass is 10.1. The molecule has 0 aliphatic carbocycles. The number of anilines is 2. The zero-order chi connectivity index (χ0) is 19.0. The van der Waals surface area contributed by atoms with Crippen LogP contribution in [0.15, 0.2) is 48.7 Å². The van der Waals surface area contributed by atoms with Crippen molar-refractivity contribution in [2.75, 3.05) is 23.3 Å². The van der Waals surface area contributed by atoms with Gasteiger partial charge in [0, 0.05) is 24.7 Å². The van der Waals surface area contributed by atoms with E-state index in [2.05, 4.69) is 15.6 Å². The van der Waals surface area contributed by atoms with Gasteiger partial charge in [0.15, 0.2) is 0 Å². The van der Waals surface area contributed by atoms with Crippen molar-refractivity contribution in [3.8, 4) is 0 Å². The molecular formula is C19H14Cl2N4O2. The van der Waals surface area contributed by atoms with Crippen molar-refractivity contribution in [3.63, 3.8) is 0 Å². The Bertz CT molecular complexity index is 1050. The fraction of sp³-hybridized carbons (Fsp3) is 0.105. The smallest absolute Gasteiger partial charge is 0.322 e. The second-order valence-electron chi connectivity index (χ2n) is 5.97. The molecule has 1 aromatic heterocycles. The van der Waals surface area contributed by atoms with Gasteiger partial charge in [-0.25, -0.2) is 4.79 Å². The van der Waals surface area contributed by atoms with Crippen LogP contribution in [0.25, 0.3) is 10.9 Å². The molecule has 2 aromatic carbocycles. The van der Waals surface area contributed by atoms with Gasteiger partial charge in [-0.05, 0) is 24.3 Å². The summed E-state index contributed by atoms with van der Waals surface area (Å²) in [7, 11) is 0. The number of urea groups is 1. The summed E-state index contributed by atoms with van der Waals surface area (Å²) < 4.78 is 0. The molecule has 0 saturated carbocycles. The number of benzene rings is 2. The van der Waals surface area contributed by atoms with Gasteiger partial charge in [0.2, 0.25) is 0 Å². The average Bonchev–Trinajstić information content (AvgIpc) is 3.07. The highest BCUT2D eigenvalue weighted by Crippen LogP contribution is 2.32. The first-order valence-corrected chi connectivity index (χ1v) is 9.00. The fourth-order valence-electron chi connectivity index (χ4n) is 3.10. The van der Waals surface area contributed by atoms with Crippen LogP contribution in [-0.4, -0.2) is 30.0 Å². The molecule has 2 heterocycles. The van der Waals surface area contributed by atoms with Crippen molar-refractivity contribution in [2.24, 2.45) is 0 Å². The van der Waals surface area contributed by atoms with Gasteiger partial charge in [-0.1, -0.05) is 41.4 Å². The minimum Gasteiger partial charge on any atom is -0.336 e. The Balaban J connectivity index is 1.75. The molecule has 0 bridgehead atoms. The summed E-state index contributed by atoms with van der Waals surface area (Å²) in [6, 6.07) is 11.9. The van der Waals surface area contributed by atoms with E-state index in [0.717, 1.165) is 11.1 Å². The molecule has 3 amide bonds. The third kappa shape index (κ3) is 3.18. The lowest BCUT2D eigenvalue weighted by Gasteiger charge is -2.17. The van der Waals surface area contributed by atoms with Crippen LogP contribution >= 0.6 is 23.2 Å². The van der Waals surface area contributed by atoms with E-state index in [0.29, 0.717) is 24.3 Å². The topological polar surface area (TPSA) is 74.3 Å². The van der Waals surface area contributed by atoms with Gasteiger partial charge in [-0.15, -0.1) is 0 Å². The molecule has 6 nitrogen and oxygen atoms in total. The van der Waals surface area contributed by atoms with Crippen LogP contribution in [0, 0.1) is 0 Å². The number of hydrogen-bond donors (Lipinski definition) is 2. The van der Waals surface area contributed by atoms with Crippen LogP contribution in [0.4, 0.5) is 16.2 Å². The molecule has 27 heavy (non-hydrogen) atoms. The number of hydrogen-bond acceptors (Lipinski definition) is 3. The van der Waals surface area contributed by atoms with Gasteiger partial charge in [0.25, 0.3) is 5.91 Å². The summed E-state index contributed by atoms with van der Waals surface area (Å²) in [6.07, 6.45) is 1.61. The first kappa shape index (κ1) is 17.6. The fourth-order valence-corrected chi connectivity index (χ4v) is 3.67. The molecule has 0 radical (unpaired) electrons. The van der Waals surface area contributed by atoms with Crippen molar-refractivity contribution in [1.29, 1.82) is 0 Å². The van der Waals surface area contributed by atoms with E-state index in [-0.39, 0.29) is 21.6 Å². The predicted molar refractivity (Wildman–Crippen MR) is 107 cm³/mol. The second kappa shape index (κ2) is 7.06. The number of pyridine rings is 1. The number of rotatable bonds is 3. The number of fused-ring (bicyclic) bond motifs is 1. The molecule has 3 aromatic rings. The molecule has 2 N–H and O–H groups in total. The number of nitrogens with zero attached hydrogens (tertiary/aromatic N) is 2. The van der Waals surface area contributed by atoms with Crippen LogP contribution in [0.3, 0.4) is 0 Å². The SMILES string of the molecule is O=C(Nc1cccc2c(N3CCNC3=O)ccnc12)c1c(Cl)cccc1Cl. The normalized spacial score (nSPS) is 13.7. The van der Waals surface area contributed by atoms with Crippen molar-refractivity contribution >= 4 is 57.4 Å². The Hall–Kier alpha value is -2.83. The van der Waals surface area contributed by atoms with Gasteiger partial charge in [-0.2, -0.15) is 0 Å². The van der Waals surface area contributed by atoms with Gasteiger partial charge in [0.05, 0.1) is 32.5 Å². The molecule has 1 aliphatic rings. The summed E-state index contributed by atoms with van der Waals surface area (Å²) in [6.45, 7) is 1.16. The number of carbonyl (C=O) groups excluding carboxylic acids is 2. The van der Waals surface area contributed by atoms with Crippen LogP contribution in [0.5, 0.6) is 0 Å². The first-order chi connectivity index (χ1) is 13.1. The lowest BCUT2D eigenvalue weighted by Crippen LogP contribution is -2.27. The van der Waals surface area contributed by atoms with Crippen molar-refractivity contribution < 1.29 is 9.59 Å². The van der Waals surface area contributed by atoms with E-state index < -0.39 is 5.91 Å². The quantitative estimate of drug-likeness (QED) is 0.687. The minimum atomic E-state index is -0.427. The number of carbonyl (C=O) groups is 2. The highest BCUT2D eigenvalue weighted by molar-refractivity contribution is 6.40. The maximum atomic E-state index is 12.7. The molecule has 136 valence electrons. The van der Waals surface area contributed by atoms with Gasteiger partial charge >= 0.3 is 6.03 Å². The van der Waals surface area contributed by atoms with E-state index >= 15 is 0 Å². The standard InChI is InChI=1S/C19H14Cl2N4O2/c20-12-4-2-5-13(21)16(12)18(26)24-14-6-1-3-11-15(7-8-22-17(11)14)25-10-9-23-19(25)27/h1-8H,9-10H2,(H,23,27)(H,24,26). The third-order valence-corrected chi connectivity index (χ3v) is 4.96. The lowest BCUT2D eigenvalue weighted by molar-refractivity contribution is 0.102. The molecular weight excluding hydrogens is 387 g/mol. The minimum absolute atomic E-state index is 0.153. The monoisotopic (exact) mass is 400 g/mol. The number of nitrogens with one attached hydrogen (secondary N) is 2. The summed E-state index contributed by atoms with van der Waals surface area (Å²) in [5.74, 6) is -0.427. The molecule has 8 heteroatoms. The van der Waals surface area contributed by atoms with Crippen LogP contribution in [-0.2, 0) is 0 Å². The van der Waals surface area contributed by atoms with E-state index in [1.807, 2.05) is 6.07 Å². The molecule has 0 atom stereocenters. The van der Waals surface area contributed by atoms with Gasteiger partial charge < -0.3 is 10.6 Å². The summed E-state index contributed by atoms with van der Waals surface area (Å²) in [4.78, 5) is 30.8. The first-order valence-electron chi connectivity index (χ1n) is 8.25. The molecule has 4 rings (SSSR count). The van der Waals surface area contributed by atoms with E-state index in [9.17, 15) is 9.59 Å². The Morgan fingerprint density at radius 1 is 1.11 bits per heavy atom. The average molecular weight is 401 g/mol. The Morgan fingerprint density at radius 2 is 1.85 bits per heavy atom. The molecule has 0 spiro atoms. The largest absolute Gasteiger partial charge is 0.336 e. The van der Waals surface area contributed by atoms with E-state index in [1.165, 1.54) is 0 Å². The molecule has 0 unspecified atom stereocenters. The van der Waals surface area contributed by atoms with Crippen LogP contribution < -0.4 is 15.5 Å². The maximum Gasteiger partial charge on any atom is 0.322 e. The Morgan fingerprint density at radius 3 is 2.56 bits per heavy atom. The number of para-hydroxylation sites is 1. The molecule has 1 aliphatic heterocycles. The highest BCUT2D eigenvalue weighted by Gasteiger charge is 2.24. The van der Waals surface area contributed by atoms with Crippen molar-refractivity contribution in [1.82, 2.24) is 10.3 Å². The summed E-state index contributed by atoms with van der Waals surface area (Å²) in [5.41, 5.74) is 2.02. The maximum absolute atomic E-state index is 12.7. The highest BCUT2D eigenvalue weighted by atomic mass is 35.5. The van der Waals surface area contributed by atoms with E-state index in [1.54, 1.807) is 47.5 Å². The number of aromatic nitrogens is 1.